The van der Waals surface area contributed by atoms with E-state index < -0.39 is 0 Å². The van der Waals surface area contributed by atoms with E-state index in [1.165, 1.54) is 10.8 Å². The SMILES string of the molecule is [O-]c1c2c(nc3ncnn13)CCCC2. The first-order valence-corrected chi connectivity index (χ1v) is 4.75. The van der Waals surface area contributed by atoms with Crippen LogP contribution in [0.2, 0.25) is 0 Å². The molecule has 1 aliphatic rings. The first kappa shape index (κ1) is 7.73. The lowest BCUT2D eigenvalue weighted by Gasteiger charge is -2.21. The molecule has 2 aromatic rings. The zero-order chi connectivity index (χ0) is 9.54. The maximum atomic E-state index is 11.9. The van der Waals surface area contributed by atoms with Gasteiger partial charge in [0.05, 0.1) is 0 Å². The van der Waals surface area contributed by atoms with Crippen molar-refractivity contribution < 1.29 is 5.11 Å². The third-order valence-corrected chi connectivity index (χ3v) is 2.65. The van der Waals surface area contributed by atoms with Gasteiger partial charge in [0.1, 0.15) is 6.33 Å². The summed E-state index contributed by atoms with van der Waals surface area (Å²) in [6.07, 6.45) is 5.29. The number of nitrogens with zero attached hydrogens (tertiary/aromatic N) is 4. The molecular weight excluding hydrogens is 180 g/mol. The standard InChI is InChI=1S/C9H10N4O/c14-8-6-3-1-2-4-7(6)12-9-10-5-11-13(8)9/h5,14H,1-4H2/p-1. The molecule has 0 unspecified atom stereocenters. The molecule has 72 valence electrons. The maximum absolute atomic E-state index is 11.9. The molecule has 3 rings (SSSR count). The molecule has 0 saturated heterocycles. The third kappa shape index (κ3) is 0.921. The average molecular weight is 189 g/mol. The van der Waals surface area contributed by atoms with Crippen LogP contribution in [0, 0.1) is 0 Å². The molecule has 5 nitrogen and oxygen atoms in total. The van der Waals surface area contributed by atoms with Crippen LogP contribution < -0.4 is 5.11 Å². The summed E-state index contributed by atoms with van der Waals surface area (Å²) >= 11 is 0. The fraction of sp³-hybridized carbons (Fsp3) is 0.444. The Bertz CT molecular complexity index is 491. The zero-order valence-corrected chi connectivity index (χ0v) is 7.60. The van der Waals surface area contributed by atoms with E-state index in [2.05, 4.69) is 15.1 Å². The normalized spacial score (nSPS) is 15.7. The van der Waals surface area contributed by atoms with Crippen LogP contribution >= 0.6 is 0 Å². The molecule has 1 aliphatic carbocycles. The van der Waals surface area contributed by atoms with E-state index >= 15 is 0 Å². The topological polar surface area (TPSA) is 66.1 Å². The van der Waals surface area contributed by atoms with Crippen molar-refractivity contribution in [2.45, 2.75) is 25.7 Å². The quantitative estimate of drug-likeness (QED) is 0.588. The molecule has 0 N–H and O–H groups in total. The van der Waals surface area contributed by atoms with Crippen LogP contribution in [0.4, 0.5) is 0 Å². The van der Waals surface area contributed by atoms with Crippen LogP contribution in [-0.2, 0) is 12.8 Å². The van der Waals surface area contributed by atoms with E-state index in [4.69, 9.17) is 0 Å². The van der Waals surface area contributed by atoms with E-state index in [0.29, 0.717) is 5.78 Å². The summed E-state index contributed by atoms with van der Waals surface area (Å²) in [5, 5.41) is 15.7. The highest BCUT2D eigenvalue weighted by Crippen LogP contribution is 2.25. The lowest BCUT2D eigenvalue weighted by atomic mass is 9.97. The van der Waals surface area contributed by atoms with E-state index in [9.17, 15) is 5.11 Å². The number of hydrogen-bond acceptors (Lipinski definition) is 4. The molecule has 0 spiro atoms. The van der Waals surface area contributed by atoms with Gasteiger partial charge in [0.15, 0.2) is 0 Å². The fourth-order valence-electron chi connectivity index (χ4n) is 1.95. The average Bonchev–Trinajstić information content (AvgIpc) is 2.66. The molecule has 0 fully saturated rings. The van der Waals surface area contributed by atoms with E-state index in [0.717, 1.165) is 36.9 Å². The van der Waals surface area contributed by atoms with Gasteiger partial charge in [-0.15, -0.1) is 0 Å². The number of aromatic nitrogens is 4. The van der Waals surface area contributed by atoms with Crippen LogP contribution in [0.5, 0.6) is 5.88 Å². The Balaban J connectivity index is 2.36. The van der Waals surface area contributed by atoms with Crippen molar-refractivity contribution >= 4 is 5.78 Å². The molecule has 0 saturated carbocycles. The first-order chi connectivity index (χ1) is 6.86. The molecule has 2 aromatic heterocycles. The Hall–Kier alpha value is -1.65. The maximum Gasteiger partial charge on any atom is 0.251 e. The van der Waals surface area contributed by atoms with Gasteiger partial charge in [0.25, 0.3) is 5.78 Å². The second-order valence-corrected chi connectivity index (χ2v) is 3.52. The zero-order valence-electron chi connectivity index (χ0n) is 7.60. The van der Waals surface area contributed by atoms with Crippen molar-refractivity contribution in [1.82, 2.24) is 19.6 Å². The lowest BCUT2D eigenvalue weighted by Crippen LogP contribution is -2.14. The minimum atomic E-state index is -0.0396. The van der Waals surface area contributed by atoms with Gasteiger partial charge < -0.3 is 5.11 Å². The van der Waals surface area contributed by atoms with Gasteiger partial charge >= 0.3 is 0 Å². The van der Waals surface area contributed by atoms with E-state index in [-0.39, 0.29) is 5.88 Å². The predicted molar refractivity (Wildman–Crippen MR) is 46.9 cm³/mol. The van der Waals surface area contributed by atoms with Crippen molar-refractivity contribution in [1.29, 1.82) is 0 Å². The van der Waals surface area contributed by atoms with Gasteiger partial charge in [-0.05, 0) is 37.1 Å². The smallest absolute Gasteiger partial charge is 0.251 e. The van der Waals surface area contributed by atoms with Gasteiger partial charge in [0, 0.05) is 5.69 Å². The molecule has 0 aromatic carbocycles. The summed E-state index contributed by atoms with van der Waals surface area (Å²) in [7, 11) is 0. The largest absolute Gasteiger partial charge is 0.858 e. The second-order valence-electron chi connectivity index (χ2n) is 3.52. The van der Waals surface area contributed by atoms with Crippen molar-refractivity contribution in [2.24, 2.45) is 0 Å². The summed E-state index contributed by atoms with van der Waals surface area (Å²) in [6, 6.07) is 0. The number of aryl methyl sites for hydroxylation is 1. The summed E-state index contributed by atoms with van der Waals surface area (Å²) in [5.41, 5.74) is 1.75. The Kier molecular flexibility index (Phi) is 1.47. The molecule has 14 heavy (non-hydrogen) atoms. The minimum Gasteiger partial charge on any atom is -0.858 e. The molecule has 2 heterocycles. The Morgan fingerprint density at radius 1 is 1.29 bits per heavy atom. The van der Waals surface area contributed by atoms with Crippen molar-refractivity contribution in [3.63, 3.8) is 0 Å². The lowest BCUT2D eigenvalue weighted by molar-refractivity contribution is -0.278. The van der Waals surface area contributed by atoms with Crippen LogP contribution in [0.1, 0.15) is 24.1 Å². The monoisotopic (exact) mass is 189 g/mol. The summed E-state index contributed by atoms with van der Waals surface area (Å²) in [4.78, 5) is 8.25. The Morgan fingerprint density at radius 2 is 2.14 bits per heavy atom. The highest BCUT2D eigenvalue weighted by molar-refractivity contribution is 5.40. The molecule has 0 bridgehead atoms. The summed E-state index contributed by atoms with van der Waals surface area (Å²) < 4.78 is 1.28. The molecule has 0 atom stereocenters. The van der Waals surface area contributed by atoms with Gasteiger partial charge in [-0.3, -0.25) is 0 Å². The fourth-order valence-corrected chi connectivity index (χ4v) is 1.95. The summed E-state index contributed by atoms with van der Waals surface area (Å²) in [6.45, 7) is 0. The summed E-state index contributed by atoms with van der Waals surface area (Å²) in [5.74, 6) is 0.387. The van der Waals surface area contributed by atoms with Crippen molar-refractivity contribution in [3.8, 4) is 5.88 Å². The highest BCUT2D eigenvalue weighted by Gasteiger charge is 2.14. The Morgan fingerprint density at radius 3 is 3.07 bits per heavy atom. The van der Waals surface area contributed by atoms with Crippen LogP contribution in [-0.4, -0.2) is 19.6 Å². The molecule has 0 amide bonds. The molecule has 0 radical (unpaired) electrons. The number of hydrogen-bond donors (Lipinski definition) is 0. The first-order valence-electron chi connectivity index (χ1n) is 4.75. The van der Waals surface area contributed by atoms with Crippen LogP contribution in [0.3, 0.4) is 0 Å². The molecular formula is C9H9N4O-. The van der Waals surface area contributed by atoms with Gasteiger partial charge in [-0.2, -0.15) is 10.1 Å². The van der Waals surface area contributed by atoms with Crippen LogP contribution in [0.25, 0.3) is 5.78 Å². The van der Waals surface area contributed by atoms with Crippen molar-refractivity contribution in [2.75, 3.05) is 0 Å². The van der Waals surface area contributed by atoms with Crippen LogP contribution in [0.15, 0.2) is 6.33 Å². The van der Waals surface area contributed by atoms with Gasteiger partial charge in [-0.25, -0.2) is 9.50 Å². The van der Waals surface area contributed by atoms with E-state index in [1.807, 2.05) is 0 Å². The van der Waals surface area contributed by atoms with Gasteiger partial charge in [0.2, 0.25) is 0 Å². The number of fused-ring (bicyclic) bond motifs is 2. The van der Waals surface area contributed by atoms with E-state index in [1.54, 1.807) is 0 Å². The Labute approximate surface area is 80.4 Å². The predicted octanol–water partition coefficient (Wildman–Crippen LogP) is 0.0767. The third-order valence-electron chi connectivity index (χ3n) is 2.65. The van der Waals surface area contributed by atoms with Crippen molar-refractivity contribution in [3.05, 3.63) is 17.6 Å². The molecule has 5 heteroatoms. The molecule has 0 aliphatic heterocycles. The highest BCUT2D eigenvalue weighted by atomic mass is 16.3. The van der Waals surface area contributed by atoms with Gasteiger partial charge in [-0.1, -0.05) is 0 Å². The minimum absolute atomic E-state index is 0.0396. The number of rotatable bonds is 0. The second kappa shape index (κ2) is 2.67.